The molecule has 0 radical (unpaired) electrons. The summed E-state index contributed by atoms with van der Waals surface area (Å²) < 4.78 is 28.9. The molecule has 0 saturated carbocycles. The summed E-state index contributed by atoms with van der Waals surface area (Å²) in [4.78, 5) is 24.7. The fourth-order valence-electron chi connectivity index (χ4n) is 4.03. The third kappa shape index (κ3) is 5.85. The monoisotopic (exact) mass is 573 g/mol. The van der Waals surface area contributed by atoms with Gasteiger partial charge in [-0.15, -0.1) is 5.10 Å². The van der Waals surface area contributed by atoms with Gasteiger partial charge in [0.2, 0.25) is 0 Å². The Hall–Kier alpha value is -3.40. The van der Waals surface area contributed by atoms with Crippen LogP contribution in [0.25, 0.3) is 5.69 Å². The number of aromatic nitrogens is 3. The van der Waals surface area contributed by atoms with Gasteiger partial charge < -0.3 is 5.11 Å². The van der Waals surface area contributed by atoms with Crippen molar-refractivity contribution in [3.8, 4) is 5.69 Å². The van der Waals surface area contributed by atoms with Crippen molar-refractivity contribution in [2.24, 2.45) is 0 Å². The third-order valence-corrected chi connectivity index (χ3v) is 8.50. The first-order chi connectivity index (χ1) is 18.1. The van der Waals surface area contributed by atoms with E-state index < -0.39 is 21.6 Å². The topological polar surface area (TPSA) is 111 Å². The number of carboxylic acids is 1. The van der Waals surface area contributed by atoms with Gasteiger partial charge in [0.15, 0.2) is 9.84 Å². The van der Waals surface area contributed by atoms with Crippen LogP contribution in [-0.2, 0) is 28.6 Å². The smallest absolute Gasteiger partial charge is 0.351 e. The largest absolute Gasteiger partial charge is 0.478 e. The molecule has 0 bridgehead atoms. The van der Waals surface area contributed by atoms with Crippen LogP contribution in [0, 0.1) is 0 Å². The van der Waals surface area contributed by atoms with E-state index in [4.69, 9.17) is 23.2 Å². The molecule has 0 aliphatic heterocycles. The van der Waals surface area contributed by atoms with Gasteiger partial charge in [0.1, 0.15) is 5.82 Å². The van der Waals surface area contributed by atoms with Crippen LogP contribution < -0.4 is 5.69 Å². The van der Waals surface area contributed by atoms with Crippen molar-refractivity contribution in [1.29, 1.82) is 0 Å². The predicted octanol–water partition coefficient (Wildman–Crippen LogP) is 5.40. The van der Waals surface area contributed by atoms with Crippen LogP contribution in [0.15, 0.2) is 76.4 Å². The molecular formula is C27H25Cl2N3O5S. The highest BCUT2D eigenvalue weighted by molar-refractivity contribution is 7.90. The molecular weight excluding hydrogens is 549 g/mol. The van der Waals surface area contributed by atoms with Crippen molar-refractivity contribution >= 4 is 39.0 Å². The van der Waals surface area contributed by atoms with Gasteiger partial charge in [0, 0.05) is 6.42 Å². The molecule has 3 aromatic carbocycles. The van der Waals surface area contributed by atoms with Crippen molar-refractivity contribution in [1.82, 2.24) is 14.3 Å². The molecule has 0 spiro atoms. The molecule has 0 aliphatic rings. The van der Waals surface area contributed by atoms with E-state index in [0.29, 0.717) is 28.5 Å². The van der Waals surface area contributed by atoms with Gasteiger partial charge in [-0.25, -0.2) is 18.0 Å². The summed E-state index contributed by atoms with van der Waals surface area (Å²) in [6.07, 6.45) is 2.38. The second-order valence-electron chi connectivity index (χ2n) is 8.74. The molecule has 0 amide bonds. The van der Waals surface area contributed by atoms with Crippen LogP contribution in [0.5, 0.6) is 0 Å². The van der Waals surface area contributed by atoms with Crippen LogP contribution in [0.3, 0.4) is 0 Å². The summed E-state index contributed by atoms with van der Waals surface area (Å²) in [5.74, 6) is -1.07. The Labute approximate surface area is 230 Å². The van der Waals surface area contributed by atoms with Crippen molar-refractivity contribution in [3.63, 3.8) is 0 Å². The first-order valence-electron chi connectivity index (χ1n) is 11.9. The lowest BCUT2D eigenvalue weighted by molar-refractivity contribution is 0.0697. The van der Waals surface area contributed by atoms with E-state index in [1.165, 1.54) is 35.0 Å². The number of rotatable bonds is 10. The molecule has 38 heavy (non-hydrogen) atoms. The number of carbonyl (C=O) groups is 1. The Kier molecular flexibility index (Phi) is 8.40. The molecule has 0 aliphatic carbocycles. The van der Waals surface area contributed by atoms with Gasteiger partial charge in [0.05, 0.1) is 38.5 Å². The number of aromatic carboxylic acids is 1. The van der Waals surface area contributed by atoms with Crippen LogP contribution in [0.1, 0.15) is 47.1 Å². The summed E-state index contributed by atoms with van der Waals surface area (Å²) in [6, 6.07) is 17.5. The van der Waals surface area contributed by atoms with Gasteiger partial charge in [-0.3, -0.25) is 4.57 Å². The minimum Gasteiger partial charge on any atom is -0.478 e. The lowest BCUT2D eigenvalue weighted by Crippen LogP contribution is -2.25. The number of unbranched alkanes of at least 4 members (excludes halogenated alkanes) is 1. The average molecular weight is 574 g/mol. The van der Waals surface area contributed by atoms with Gasteiger partial charge in [-0.1, -0.05) is 72.9 Å². The molecule has 198 valence electrons. The number of benzene rings is 3. The minimum absolute atomic E-state index is 0.0587. The average Bonchev–Trinajstić information content (AvgIpc) is 3.19. The van der Waals surface area contributed by atoms with E-state index in [1.807, 2.05) is 0 Å². The number of aryl methyl sites for hydroxylation is 1. The lowest BCUT2D eigenvalue weighted by Gasteiger charge is -2.10. The number of halogens is 2. The fraction of sp³-hybridized carbons (Fsp3) is 0.222. The van der Waals surface area contributed by atoms with Gasteiger partial charge in [0.25, 0.3) is 0 Å². The van der Waals surface area contributed by atoms with Gasteiger partial charge in [-0.2, -0.15) is 4.68 Å². The Morgan fingerprint density at radius 1 is 1.00 bits per heavy atom. The van der Waals surface area contributed by atoms with E-state index in [0.717, 1.165) is 12.8 Å². The minimum atomic E-state index is -3.81. The molecule has 0 saturated heterocycles. The van der Waals surface area contributed by atoms with Crippen LogP contribution >= 0.6 is 23.2 Å². The van der Waals surface area contributed by atoms with Crippen molar-refractivity contribution < 1.29 is 18.3 Å². The molecule has 11 heteroatoms. The second-order valence-corrected chi connectivity index (χ2v) is 11.5. The van der Waals surface area contributed by atoms with E-state index in [9.17, 15) is 23.1 Å². The first-order valence-corrected chi connectivity index (χ1v) is 14.3. The normalized spacial score (nSPS) is 11.6. The van der Waals surface area contributed by atoms with E-state index in [2.05, 4.69) is 12.0 Å². The maximum Gasteiger partial charge on any atom is 0.351 e. The zero-order valence-electron chi connectivity index (χ0n) is 20.5. The van der Waals surface area contributed by atoms with Crippen molar-refractivity contribution in [2.75, 3.05) is 0 Å². The zero-order valence-corrected chi connectivity index (χ0v) is 22.8. The number of hydrogen-bond donors (Lipinski definition) is 1. The highest BCUT2D eigenvalue weighted by atomic mass is 35.5. The molecule has 4 aromatic rings. The third-order valence-electron chi connectivity index (χ3n) is 6.05. The van der Waals surface area contributed by atoms with E-state index in [-0.39, 0.29) is 33.3 Å². The quantitative estimate of drug-likeness (QED) is 0.271. The number of nitrogens with zero attached hydrogens (tertiary/aromatic N) is 3. The highest BCUT2D eigenvalue weighted by Gasteiger charge is 2.21. The number of para-hydroxylation sites is 1. The molecule has 0 fully saturated rings. The summed E-state index contributed by atoms with van der Waals surface area (Å²) in [7, 11) is -3.81. The molecule has 4 rings (SSSR count). The van der Waals surface area contributed by atoms with E-state index >= 15 is 0 Å². The summed E-state index contributed by atoms with van der Waals surface area (Å²) in [5, 5.41) is 14.1. The molecule has 0 unspecified atom stereocenters. The predicted molar refractivity (Wildman–Crippen MR) is 146 cm³/mol. The number of hydrogen-bond acceptors (Lipinski definition) is 5. The maximum absolute atomic E-state index is 13.3. The standard InChI is InChI=1S/C27H25Cl2N3O5S/c1-2-3-11-24-30-32(23-10-5-4-9-22(23)28)27(35)31(24)16-18-12-14-20(15-13-18)38(36,37)17-19-7-6-8-21(25(19)29)26(33)34/h4-10,12-15H,2-3,11,16-17H2,1H3,(H,33,34). The molecule has 1 heterocycles. The SMILES string of the molecule is CCCCc1nn(-c2ccccc2Cl)c(=O)n1Cc1ccc(S(=O)(=O)Cc2cccc(C(=O)O)c2Cl)cc1. The molecule has 1 aromatic heterocycles. The summed E-state index contributed by atoms with van der Waals surface area (Å²) >= 11 is 12.4. The Morgan fingerprint density at radius 3 is 2.37 bits per heavy atom. The van der Waals surface area contributed by atoms with Crippen LogP contribution in [0.4, 0.5) is 0 Å². The molecule has 1 N–H and O–H groups in total. The zero-order chi connectivity index (χ0) is 27.4. The highest BCUT2D eigenvalue weighted by Crippen LogP contribution is 2.26. The van der Waals surface area contributed by atoms with Crippen molar-refractivity contribution in [3.05, 3.63) is 110 Å². The maximum atomic E-state index is 13.3. The first kappa shape index (κ1) is 27.6. The molecule has 8 nitrogen and oxygen atoms in total. The Morgan fingerprint density at radius 2 is 1.71 bits per heavy atom. The summed E-state index contributed by atoms with van der Waals surface area (Å²) in [6.45, 7) is 2.26. The van der Waals surface area contributed by atoms with Gasteiger partial charge in [-0.05, 0) is 47.9 Å². The van der Waals surface area contributed by atoms with Crippen LogP contribution in [-0.4, -0.2) is 33.8 Å². The number of carboxylic acid groups (broad SMARTS) is 1. The van der Waals surface area contributed by atoms with Gasteiger partial charge >= 0.3 is 11.7 Å². The lowest BCUT2D eigenvalue weighted by atomic mass is 10.1. The summed E-state index contributed by atoms with van der Waals surface area (Å²) in [5.41, 5.74) is 0.913. The fourth-order valence-corrected chi connectivity index (χ4v) is 5.96. The Bertz CT molecular complexity index is 1640. The second kappa shape index (κ2) is 11.6. The van der Waals surface area contributed by atoms with E-state index in [1.54, 1.807) is 41.0 Å². The van der Waals surface area contributed by atoms with Crippen molar-refractivity contribution in [2.45, 2.75) is 43.4 Å². The van der Waals surface area contributed by atoms with Crippen LogP contribution in [0.2, 0.25) is 10.0 Å². The Balaban J connectivity index is 1.61. The number of sulfone groups is 1. The molecule has 0 atom stereocenters.